The zero-order valence-corrected chi connectivity index (χ0v) is 9.12. The average molecular weight is 213 g/mol. The molecule has 0 unspecified atom stereocenters. The molecule has 1 saturated carbocycles. The van der Waals surface area contributed by atoms with Crippen molar-refractivity contribution in [2.75, 3.05) is 6.54 Å². The standard InChI is InChI=1S/C10H19N3O2/c1-2-10(5-3-4-6-10)9(14)12-7-8(11)13-15/h15H,2-7H2,1H3,(H2,11,13)(H,12,14). The first kappa shape index (κ1) is 11.8. The largest absolute Gasteiger partial charge is 0.409 e. The van der Waals surface area contributed by atoms with E-state index in [9.17, 15) is 4.79 Å². The number of hydrogen-bond acceptors (Lipinski definition) is 3. The zero-order valence-electron chi connectivity index (χ0n) is 9.12. The van der Waals surface area contributed by atoms with E-state index in [0.717, 1.165) is 32.1 Å². The minimum Gasteiger partial charge on any atom is -0.409 e. The molecule has 0 atom stereocenters. The summed E-state index contributed by atoms with van der Waals surface area (Å²) in [5.74, 6) is 0.0710. The molecule has 1 fully saturated rings. The fourth-order valence-corrected chi connectivity index (χ4v) is 2.19. The molecule has 0 aromatic carbocycles. The van der Waals surface area contributed by atoms with Gasteiger partial charge in [-0.3, -0.25) is 4.79 Å². The van der Waals surface area contributed by atoms with Crippen LogP contribution in [0.3, 0.4) is 0 Å². The van der Waals surface area contributed by atoms with Gasteiger partial charge in [-0.05, 0) is 19.3 Å². The number of amidine groups is 1. The summed E-state index contributed by atoms with van der Waals surface area (Å²) in [6.07, 6.45) is 4.99. The Morgan fingerprint density at radius 3 is 2.60 bits per heavy atom. The van der Waals surface area contributed by atoms with Crippen molar-refractivity contribution in [1.29, 1.82) is 0 Å². The molecule has 0 aromatic rings. The first-order valence-electron chi connectivity index (χ1n) is 5.39. The lowest BCUT2D eigenvalue weighted by Crippen LogP contribution is -2.42. The highest BCUT2D eigenvalue weighted by atomic mass is 16.4. The number of nitrogens with two attached hydrogens (primary N) is 1. The fraction of sp³-hybridized carbons (Fsp3) is 0.800. The Morgan fingerprint density at radius 2 is 2.13 bits per heavy atom. The number of amides is 1. The van der Waals surface area contributed by atoms with Gasteiger partial charge in [0.05, 0.1) is 6.54 Å². The summed E-state index contributed by atoms with van der Waals surface area (Å²) < 4.78 is 0. The van der Waals surface area contributed by atoms with Crippen molar-refractivity contribution in [2.24, 2.45) is 16.3 Å². The van der Waals surface area contributed by atoms with Crippen molar-refractivity contribution < 1.29 is 10.0 Å². The van der Waals surface area contributed by atoms with Crippen LogP contribution in [0.25, 0.3) is 0 Å². The van der Waals surface area contributed by atoms with E-state index >= 15 is 0 Å². The fourth-order valence-electron chi connectivity index (χ4n) is 2.19. The average Bonchev–Trinajstić information content (AvgIpc) is 2.75. The zero-order chi connectivity index (χ0) is 11.3. The van der Waals surface area contributed by atoms with Gasteiger partial charge < -0.3 is 16.3 Å². The van der Waals surface area contributed by atoms with Gasteiger partial charge in [0.25, 0.3) is 0 Å². The molecule has 0 bridgehead atoms. The minimum absolute atomic E-state index is 0.0348. The van der Waals surface area contributed by atoms with Gasteiger partial charge in [0.15, 0.2) is 5.84 Å². The van der Waals surface area contributed by atoms with Crippen LogP contribution in [0.2, 0.25) is 0 Å². The van der Waals surface area contributed by atoms with E-state index in [4.69, 9.17) is 10.9 Å². The highest BCUT2D eigenvalue weighted by Gasteiger charge is 2.38. The van der Waals surface area contributed by atoms with Gasteiger partial charge >= 0.3 is 0 Å². The Hall–Kier alpha value is -1.26. The molecule has 0 radical (unpaired) electrons. The van der Waals surface area contributed by atoms with Crippen molar-refractivity contribution in [3.63, 3.8) is 0 Å². The number of rotatable bonds is 4. The monoisotopic (exact) mass is 213 g/mol. The Bertz CT molecular complexity index is 257. The smallest absolute Gasteiger partial charge is 0.226 e. The second kappa shape index (κ2) is 5.00. The summed E-state index contributed by atoms with van der Waals surface area (Å²) in [4.78, 5) is 11.9. The van der Waals surface area contributed by atoms with Gasteiger partial charge in [0.2, 0.25) is 5.91 Å². The lowest BCUT2D eigenvalue weighted by Gasteiger charge is -2.25. The Labute approximate surface area is 89.7 Å². The second-order valence-corrected chi connectivity index (χ2v) is 4.12. The first-order chi connectivity index (χ1) is 7.14. The maximum absolute atomic E-state index is 11.9. The van der Waals surface area contributed by atoms with Crippen LogP contribution < -0.4 is 11.1 Å². The Morgan fingerprint density at radius 1 is 1.53 bits per heavy atom. The van der Waals surface area contributed by atoms with Crippen LogP contribution in [0.1, 0.15) is 39.0 Å². The van der Waals surface area contributed by atoms with Gasteiger partial charge in [0.1, 0.15) is 0 Å². The van der Waals surface area contributed by atoms with Gasteiger partial charge in [-0.25, -0.2) is 0 Å². The van der Waals surface area contributed by atoms with Gasteiger partial charge in [-0.2, -0.15) is 0 Å². The van der Waals surface area contributed by atoms with Crippen molar-refractivity contribution in [1.82, 2.24) is 5.32 Å². The molecule has 5 heteroatoms. The van der Waals surface area contributed by atoms with E-state index in [-0.39, 0.29) is 23.7 Å². The van der Waals surface area contributed by atoms with Gasteiger partial charge in [-0.1, -0.05) is 24.9 Å². The van der Waals surface area contributed by atoms with Crippen molar-refractivity contribution >= 4 is 11.7 Å². The molecular formula is C10H19N3O2. The van der Waals surface area contributed by atoms with E-state index in [1.54, 1.807) is 0 Å². The van der Waals surface area contributed by atoms with E-state index in [1.807, 2.05) is 6.92 Å². The van der Waals surface area contributed by atoms with Crippen LogP contribution in [0, 0.1) is 5.41 Å². The van der Waals surface area contributed by atoms with Crippen molar-refractivity contribution in [3.8, 4) is 0 Å². The van der Waals surface area contributed by atoms with E-state index < -0.39 is 0 Å². The molecule has 5 nitrogen and oxygen atoms in total. The number of nitrogens with zero attached hydrogens (tertiary/aromatic N) is 1. The highest BCUT2D eigenvalue weighted by molar-refractivity contribution is 5.89. The van der Waals surface area contributed by atoms with E-state index in [2.05, 4.69) is 10.5 Å². The van der Waals surface area contributed by atoms with E-state index in [0.29, 0.717) is 0 Å². The maximum Gasteiger partial charge on any atom is 0.226 e. The third kappa shape index (κ3) is 2.61. The Balaban J connectivity index is 2.51. The molecule has 86 valence electrons. The van der Waals surface area contributed by atoms with Crippen LogP contribution in [0.4, 0.5) is 0 Å². The molecule has 15 heavy (non-hydrogen) atoms. The number of carbonyl (C=O) groups is 1. The summed E-state index contributed by atoms with van der Waals surface area (Å²) in [6.45, 7) is 2.16. The molecule has 0 aromatic heterocycles. The minimum atomic E-state index is -0.213. The highest BCUT2D eigenvalue weighted by Crippen LogP contribution is 2.40. The van der Waals surface area contributed by atoms with Crippen molar-refractivity contribution in [3.05, 3.63) is 0 Å². The summed E-state index contributed by atoms with van der Waals surface area (Å²) in [7, 11) is 0. The molecule has 1 amide bonds. The Kier molecular flexibility index (Phi) is 3.94. The molecule has 1 rings (SSSR count). The van der Waals surface area contributed by atoms with Gasteiger partial charge in [0, 0.05) is 5.41 Å². The third-order valence-electron chi connectivity index (χ3n) is 3.28. The topological polar surface area (TPSA) is 87.7 Å². The molecule has 0 heterocycles. The molecule has 0 aliphatic heterocycles. The summed E-state index contributed by atoms with van der Waals surface area (Å²) in [6, 6.07) is 0. The normalized spacial score (nSPS) is 20.2. The van der Waals surface area contributed by atoms with Crippen molar-refractivity contribution in [2.45, 2.75) is 39.0 Å². The number of hydrogen-bond donors (Lipinski definition) is 3. The van der Waals surface area contributed by atoms with Crippen LogP contribution >= 0.6 is 0 Å². The quantitative estimate of drug-likeness (QED) is 0.279. The SMILES string of the molecule is CCC1(C(=O)NCC(N)=NO)CCCC1. The summed E-state index contributed by atoms with van der Waals surface area (Å²) in [5.41, 5.74) is 5.08. The van der Waals surface area contributed by atoms with Crippen LogP contribution in [-0.2, 0) is 4.79 Å². The maximum atomic E-state index is 11.9. The van der Waals surface area contributed by atoms with Crippen LogP contribution in [0.15, 0.2) is 5.16 Å². The third-order valence-corrected chi connectivity index (χ3v) is 3.28. The van der Waals surface area contributed by atoms with Crippen LogP contribution in [-0.4, -0.2) is 23.5 Å². The molecule has 1 aliphatic carbocycles. The first-order valence-corrected chi connectivity index (χ1v) is 5.39. The van der Waals surface area contributed by atoms with Gasteiger partial charge in [-0.15, -0.1) is 0 Å². The lowest BCUT2D eigenvalue weighted by atomic mass is 9.82. The number of carbonyl (C=O) groups excluding carboxylic acids is 1. The molecular weight excluding hydrogens is 194 g/mol. The molecule has 4 N–H and O–H groups in total. The van der Waals surface area contributed by atoms with E-state index in [1.165, 1.54) is 0 Å². The number of nitrogens with one attached hydrogen (secondary N) is 1. The predicted molar refractivity (Wildman–Crippen MR) is 57.6 cm³/mol. The summed E-state index contributed by atoms with van der Waals surface area (Å²) in [5, 5.41) is 13.9. The predicted octanol–water partition coefficient (Wildman–Crippen LogP) is 0.819. The number of oxime groups is 1. The molecule has 1 aliphatic rings. The van der Waals surface area contributed by atoms with Crippen LogP contribution in [0.5, 0.6) is 0 Å². The second-order valence-electron chi connectivity index (χ2n) is 4.12. The molecule has 0 saturated heterocycles. The lowest BCUT2D eigenvalue weighted by molar-refractivity contribution is -0.130. The molecule has 0 spiro atoms. The summed E-state index contributed by atoms with van der Waals surface area (Å²) >= 11 is 0.